The summed E-state index contributed by atoms with van der Waals surface area (Å²) in [6.07, 6.45) is 0. The topological polar surface area (TPSA) is 59.4 Å². The average molecular weight is 346 g/mol. The second-order valence-electron chi connectivity index (χ2n) is 4.75. The minimum Gasteiger partial charge on any atom is -0.486 e. The predicted octanol–water partition coefficient (Wildman–Crippen LogP) is 4.74. The fraction of sp³-hybridized carbons (Fsp3) is 0.0588. The third kappa shape index (κ3) is 3.88. The van der Waals surface area contributed by atoms with E-state index in [1.165, 1.54) is 16.7 Å². The summed E-state index contributed by atoms with van der Waals surface area (Å²) < 4.78 is 5.63. The summed E-state index contributed by atoms with van der Waals surface area (Å²) in [5, 5.41) is 11.7. The third-order valence-electron chi connectivity index (χ3n) is 3.17. The van der Waals surface area contributed by atoms with Crippen molar-refractivity contribution in [1.29, 1.82) is 0 Å². The van der Waals surface area contributed by atoms with Crippen LogP contribution in [0.2, 0.25) is 5.02 Å². The van der Waals surface area contributed by atoms with Gasteiger partial charge in [0.05, 0.1) is 0 Å². The lowest BCUT2D eigenvalue weighted by Crippen LogP contribution is -1.99. The standard InChI is InChI=1S/C17H12ClNO3S/c18-13-5-1-11(2-6-13)12-3-7-14(8-4-12)22-9-16-19-15(10-23-16)17(20)21/h1-8,10H,9H2,(H,20,21). The van der Waals surface area contributed by atoms with E-state index >= 15 is 0 Å². The number of carbonyl (C=O) groups is 1. The molecule has 0 amide bonds. The first kappa shape index (κ1) is 15.5. The highest BCUT2D eigenvalue weighted by molar-refractivity contribution is 7.09. The van der Waals surface area contributed by atoms with Crippen LogP contribution < -0.4 is 4.74 Å². The summed E-state index contributed by atoms with van der Waals surface area (Å²) >= 11 is 7.15. The number of thiazole rings is 1. The molecule has 0 fully saturated rings. The Morgan fingerprint density at radius 1 is 1.09 bits per heavy atom. The maximum Gasteiger partial charge on any atom is 0.355 e. The van der Waals surface area contributed by atoms with Crippen LogP contribution in [0, 0.1) is 0 Å². The zero-order valence-corrected chi connectivity index (χ0v) is 13.5. The number of benzene rings is 2. The average Bonchev–Trinajstić information content (AvgIpc) is 3.04. The van der Waals surface area contributed by atoms with Crippen molar-refractivity contribution >= 4 is 28.9 Å². The van der Waals surface area contributed by atoms with E-state index in [9.17, 15) is 4.79 Å². The van der Waals surface area contributed by atoms with Crippen LogP contribution in [-0.4, -0.2) is 16.1 Å². The highest BCUT2D eigenvalue weighted by Gasteiger charge is 2.09. The molecule has 0 saturated heterocycles. The second kappa shape index (κ2) is 6.81. The van der Waals surface area contributed by atoms with Gasteiger partial charge in [0, 0.05) is 10.4 Å². The van der Waals surface area contributed by atoms with E-state index in [1.54, 1.807) is 0 Å². The Labute approximate surface area is 142 Å². The van der Waals surface area contributed by atoms with Crippen molar-refractivity contribution in [3.05, 3.63) is 69.6 Å². The van der Waals surface area contributed by atoms with Gasteiger partial charge in [-0.2, -0.15) is 0 Å². The van der Waals surface area contributed by atoms with Gasteiger partial charge < -0.3 is 9.84 Å². The molecule has 0 radical (unpaired) electrons. The molecule has 0 aliphatic heterocycles. The van der Waals surface area contributed by atoms with Crippen molar-refractivity contribution in [2.75, 3.05) is 0 Å². The Balaban J connectivity index is 1.65. The molecule has 6 heteroatoms. The Morgan fingerprint density at radius 3 is 2.26 bits per heavy atom. The van der Waals surface area contributed by atoms with Gasteiger partial charge in [0.1, 0.15) is 17.4 Å². The molecule has 3 aromatic rings. The number of ether oxygens (including phenoxy) is 1. The van der Waals surface area contributed by atoms with Gasteiger partial charge in [-0.05, 0) is 35.4 Å². The summed E-state index contributed by atoms with van der Waals surface area (Å²) in [7, 11) is 0. The Morgan fingerprint density at radius 2 is 1.70 bits per heavy atom. The molecule has 4 nitrogen and oxygen atoms in total. The lowest BCUT2D eigenvalue weighted by molar-refractivity contribution is 0.0691. The fourth-order valence-corrected chi connectivity index (χ4v) is 2.81. The molecule has 2 aromatic carbocycles. The van der Waals surface area contributed by atoms with E-state index in [-0.39, 0.29) is 12.3 Å². The maximum absolute atomic E-state index is 10.8. The minimum absolute atomic E-state index is 0.0479. The zero-order chi connectivity index (χ0) is 16.2. The third-order valence-corrected chi connectivity index (χ3v) is 4.24. The van der Waals surface area contributed by atoms with E-state index in [1.807, 2.05) is 48.5 Å². The lowest BCUT2D eigenvalue weighted by Gasteiger charge is -2.06. The number of halogens is 1. The van der Waals surface area contributed by atoms with Crippen LogP contribution in [0.3, 0.4) is 0 Å². The van der Waals surface area contributed by atoms with Gasteiger partial charge in [0.2, 0.25) is 0 Å². The van der Waals surface area contributed by atoms with Gasteiger partial charge in [-0.3, -0.25) is 0 Å². The van der Waals surface area contributed by atoms with Gasteiger partial charge in [-0.15, -0.1) is 11.3 Å². The first-order valence-electron chi connectivity index (χ1n) is 6.78. The van der Waals surface area contributed by atoms with Crippen molar-refractivity contribution in [2.24, 2.45) is 0 Å². The van der Waals surface area contributed by atoms with Gasteiger partial charge in [-0.1, -0.05) is 35.9 Å². The molecule has 0 bridgehead atoms. The quantitative estimate of drug-likeness (QED) is 0.725. The van der Waals surface area contributed by atoms with Gasteiger partial charge >= 0.3 is 5.97 Å². The highest BCUT2D eigenvalue weighted by atomic mass is 35.5. The number of aromatic nitrogens is 1. The van der Waals surface area contributed by atoms with Crippen molar-refractivity contribution < 1.29 is 14.6 Å². The molecule has 1 aromatic heterocycles. The van der Waals surface area contributed by atoms with Crippen molar-refractivity contribution in [1.82, 2.24) is 4.98 Å². The normalized spacial score (nSPS) is 10.5. The summed E-state index contributed by atoms with van der Waals surface area (Å²) in [5.74, 6) is -0.324. The molecule has 1 heterocycles. The molecule has 0 saturated carbocycles. The van der Waals surface area contributed by atoms with Gasteiger partial charge in [0.25, 0.3) is 0 Å². The number of carboxylic acid groups (broad SMARTS) is 1. The molecule has 116 valence electrons. The predicted molar refractivity (Wildman–Crippen MR) is 90.3 cm³/mol. The van der Waals surface area contributed by atoms with E-state index in [0.717, 1.165) is 11.1 Å². The van der Waals surface area contributed by atoms with Crippen LogP contribution in [-0.2, 0) is 6.61 Å². The molecule has 3 rings (SSSR count). The lowest BCUT2D eigenvalue weighted by atomic mass is 10.1. The monoisotopic (exact) mass is 345 g/mol. The summed E-state index contributed by atoms with van der Waals surface area (Å²) in [4.78, 5) is 14.8. The van der Waals surface area contributed by atoms with Crippen LogP contribution in [0.1, 0.15) is 15.5 Å². The summed E-state index contributed by atoms with van der Waals surface area (Å²) in [6, 6.07) is 15.3. The SMILES string of the molecule is O=C(O)c1csc(COc2ccc(-c3ccc(Cl)cc3)cc2)n1. The summed E-state index contributed by atoms with van der Waals surface area (Å²) in [6.45, 7) is 0.248. The summed E-state index contributed by atoms with van der Waals surface area (Å²) in [5.41, 5.74) is 2.19. The van der Waals surface area contributed by atoms with Crippen molar-refractivity contribution in [2.45, 2.75) is 6.61 Å². The van der Waals surface area contributed by atoms with Crippen molar-refractivity contribution in [3.8, 4) is 16.9 Å². The maximum atomic E-state index is 10.8. The molecule has 0 spiro atoms. The Hall–Kier alpha value is -2.37. The highest BCUT2D eigenvalue weighted by Crippen LogP contribution is 2.24. The first-order chi connectivity index (χ1) is 11.1. The molecule has 0 atom stereocenters. The van der Waals surface area contributed by atoms with Crippen molar-refractivity contribution in [3.63, 3.8) is 0 Å². The van der Waals surface area contributed by atoms with E-state index in [4.69, 9.17) is 21.4 Å². The number of carboxylic acids is 1. The van der Waals surface area contributed by atoms with E-state index < -0.39 is 5.97 Å². The smallest absolute Gasteiger partial charge is 0.355 e. The second-order valence-corrected chi connectivity index (χ2v) is 6.13. The molecule has 23 heavy (non-hydrogen) atoms. The Bertz CT molecular complexity index is 813. The Kier molecular flexibility index (Phi) is 4.60. The number of nitrogens with zero attached hydrogens (tertiary/aromatic N) is 1. The molecule has 1 N–H and O–H groups in total. The van der Waals surface area contributed by atoms with Crippen LogP contribution in [0.25, 0.3) is 11.1 Å². The number of hydrogen-bond donors (Lipinski definition) is 1. The number of hydrogen-bond acceptors (Lipinski definition) is 4. The molecule has 0 unspecified atom stereocenters. The zero-order valence-electron chi connectivity index (χ0n) is 11.9. The molecular weight excluding hydrogens is 334 g/mol. The van der Waals surface area contributed by atoms with Gasteiger partial charge in [0.15, 0.2) is 5.69 Å². The molecular formula is C17H12ClNO3S. The number of aromatic carboxylic acids is 1. The van der Waals surface area contributed by atoms with Gasteiger partial charge in [-0.25, -0.2) is 9.78 Å². The van der Waals surface area contributed by atoms with Crippen LogP contribution in [0.5, 0.6) is 5.75 Å². The van der Waals surface area contributed by atoms with Crippen LogP contribution in [0.15, 0.2) is 53.9 Å². The first-order valence-corrected chi connectivity index (χ1v) is 8.04. The fourth-order valence-electron chi connectivity index (χ4n) is 2.01. The van der Waals surface area contributed by atoms with Crippen LogP contribution in [0.4, 0.5) is 0 Å². The number of rotatable bonds is 5. The molecule has 0 aliphatic rings. The van der Waals surface area contributed by atoms with E-state index in [2.05, 4.69) is 4.98 Å². The molecule has 0 aliphatic carbocycles. The van der Waals surface area contributed by atoms with Crippen LogP contribution >= 0.6 is 22.9 Å². The minimum atomic E-state index is -1.03. The largest absolute Gasteiger partial charge is 0.486 e. The van der Waals surface area contributed by atoms with E-state index in [0.29, 0.717) is 15.8 Å².